The van der Waals surface area contributed by atoms with Crippen molar-refractivity contribution in [3.63, 3.8) is 0 Å². The topological polar surface area (TPSA) is 50.4 Å². The van der Waals surface area contributed by atoms with E-state index >= 15 is 0 Å². The highest BCUT2D eigenvalue weighted by atomic mass is 79.9. The molecule has 0 aromatic heterocycles. The van der Waals surface area contributed by atoms with Crippen molar-refractivity contribution < 1.29 is 4.39 Å². The maximum atomic E-state index is 13.2. The molecule has 0 spiro atoms. The van der Waals surface area contributed by atoms with Gasteiger partial charge >= 0.3 is 0 Å². The first-order chi connectivity index (χ1) is 10.1. The Morgan fingerprint density at radius 1 is 1.19 bits per heavy atom. The Labute approximate surface area is 132 Å². The van der Waals surface area contributed by atoms with E-state index < -0.39 is 0 Å². The van der Waals surface area contributed by atoms with Crippen molar-refractivity contribution in [1.29, 1.82) is 0 Å². The molecule has 110 valence electrons. The number of aryl methyl sites for hydroxylation is 1. The molecule has 0 fully saturated rings. The SMILES string of the molecule is CCc1ccc(NC(N)=NCc2cc(F)cc(Br)c2)cc1. The van der Waals surface area contributed by atoms with Gasteiger partial charge in [0.25, 0.3) is 0 Å². The van der Waals surface area contributed by atoms with Crippen molar-refractivity contribution in [2.75, 3.05) is 5.32 Å². The largest absolute Gasteiger partial charge is 0.370 e. The minimum Gasteiger partial charge on any atom is -0.370 e. The van der Waals surface area contributed by atoms with Crippen LogP contribution < -0.4 is 11.1 Å². The summed E-state index contributed by atoms with van der Waals surface area (Å²) < 4.78 is 13.9. The van der Waals surface area contributed by atoms with Gasteiger partial charge in [0, 0.05) is 10.2 Å². The summed E-state index contributed by atoms with van der Waals surface area (Å²) >= 11 is 3.25. The average Bonchev–Trinajstić information content (AvgIpc) is 2.45. The highest BCUT2D eigenvalue weighted by Crippen LogP contribution is 2.15. The Hall–Kier alpha value is -1.88. The summed E-state index contributed by atoms with van der Waals surface area (Å²) in [7, 11) is 0. The van der Waals surface area contributed by atoms with Crippen LogP contribution in [0.3, 0.4) is 0 Å². The molecule has 0 saturated carbocycles. The molecule has 0 bridgehead atoms. The van der Waals surface area contributed by atoms with Gasteiger partial charge in [-0.05, 0) is 47.9 Å². The molecule has 21 heavy (non-hydrogen) atoms. The molecule has 0 saturated heterocycles. The van der Waals surface area contributed by atoms with E-state index in [1.54, 1.807) is 0 Å². The molecule has 3 nitrogen and oxygen atoms in total. The fourth-order valence-electron chi connectivity index (χ4n) is 1.89. The van der Waals surface area contributed by atoms with Crippen LogP contribution in [0.2, 0.25) is 0 Å². The predicted molar refractivity (Wildman–Crippen MR) is 88.9 cm³/mol. The Morgan fingerprint density at radius 3 is 2.52 bits per heavy atom. The number of halogens is 2. The molecule has 0 heterocycles. The molecular formula is C16H17BrFN3. The van der Waals surface area contributed by atoms with Crippen molar-refractivity contribution in [1.82, 2.24) is 0 Å². The highest BCUT2D eigenvalue weighted by molar-refractivity contribution is 9.10. The first kappa shape index (κ1) is 15.5. The average molecular weight is 350 g/mol. The summed E-state index contributed by atoms with van der Waals surface area (Å²) in [4.78, 5) is 4.21. The third-order valence-electron chi connectivity index (χ3n) is 2.99. The molecule has 2 rings (SSSR count). The van der Waals surface area contributed by atoms with Crippen LogP contribution in [0.1, 0.15) is 18.1 Å². The Bertz CT molecular complexity index is 618. The fourth-order valence-corrected chi connectivity index (χ4v) is 2.40. The lowest BCUT2D eigenvalue weighted by Gasteiger charge is -2.06. The third-order valence-corrected chi connectivity index (χ3v) is 3.45. The van der Waals surface area contributed by atoms with Gasteiger partial charge in [0.05, 0.1) is 6.54 Å². The molecule has 0 aliphatic heterocycles. The van der Waals surface area contributed by atoms with Crippen molar-refractivity contribution in [3.05, 3.63) is 63.9 Å². The van der Waals surface area contributed by atoms with Gasteiger partial charge in [-0.3, -0.25) is 0 Å². The summed E-state index contributed by atoms with van der Waals surface area (Å²) in [6, 6.07) is 12.7. The number of nitrogens with one attached hydrogen (secondary N) is 1. The van der Waals surface area contributed by atoms with E-state index in [1.807, 2.05) is 30.3 Å². The summed E-state index contributed by atoms with van der Waals surface area (Å²) in [6.45, 7) is 2.43. The number of hydrogen-bond donors (Lipinski definition) is 2. The van der Waals surface area contributed by atoms with E-state index in [2.05, 4.69) is 33.2 Å². The lowest BCUT2D eigenvalue weighted by Crippen LogP contribution is -2.22. The van der Waals surface area contributed by atoms with Crippen molar-refractivity contribution in [2.45, 2.75) is 19.9 Å². The lowest BCUT2D eigenvalue weighted by atomic mass is 10.1. The van der Waals surface area contributed by atoms with Crippen LogP contribution in [0, 0.1) is 5.82 Å². The zero-order valence-electron chi connectivity index (χ0n) is 11.7. The van der Waals surface area contributed by atoms with Gasteiger partial charge in [0.2, 0.25) is 0 Å². The van der Waals surface area contributed by atoms with E-state index in [-0.39, 0.29) is 5.82 Å². The smallest absolute Gasteiger partial charge is 0.193 e. The molecule has 3 N–H and O–H groups in total. The second-order valence-electron chi connectivity index (χ2n) is 4.65. The van der Waals surface area contributed by atoms with Crippen molar-refractivity contribution in [3.8, 4) is 0 Å². The molecule has 2 aromatic carbocycles. The number of aliphatic imine (C=N–C) groups is 1. The fraction of sp³-hybridized carbons (Fsp3) is 0.188. The van der Waals surface area contributed by atoms with E-state index in [4.69, 9.17) is 5.73 Å². The van der Waals surface area contributed by atoms with Gasteiger partial charge < -0.3 is 11.1 Å². The summed E-state index contributed by atoms with van der Waals surface area (Å²) in [5.74, 6) is 0.0101. The van der Waals surface area contributed by atoms with Gasteiger partial charge in [0.1, 0.15) is 5.82 Å². The number of benzene rings is 2. The van der Waals surface area contributed by atoms with Crippen LogP contribution in [-0.2, 0) is 13.0 Å². The van der Waals surface area contributed by atoms with Gasteiger partial charge in [0.15, 0.2) is 5.96 Å². The molecule has 0 radical (unpaired) electrons. The summed E-state index contributed by atoms with van der Waals surface area (Å²) in [5, 5.41) is 3.01. The monoisotopic (exact) mass is 349 g/mol. The Balaban J connectivity index is 2.00. The van der Waals surface area contributed by atoms with E-state index in [9.17, 15) is 4.39 Å². The molecule has 0 aliphatic carbocycles. The first-order valence-electron chi connectivity index (χ1n) is 6.67. The number of nitrogens with zero attached hydrogens (tertiary/aromatic N) is 1. The number of nitrogens with two attached hydrogens (primary N) is 1. The molecule has 0 atom stereocenters. The molecule has 0 aliphatic rings. The van der Waals surface area contributed by atoms with Crippen LogP contribution in [0.15, 0.2) is 51.9 Å². The van der Waals surface area contributed by atoms with Crippen molar-refractivity contribution in [2.24, 2.45) is 10.7 Å². The summed E-state index contributed by atoms with van der Waals surface area (Å²) in [6.07, 6.45) is 0.998. The van der Waals surface area contributed by atoms with Gasteiger partial charge in [-0.25, -0.2) is 9.38 Å². The molecule has 5 heteroatoms. The zero-order chi connectivity index (χ0) is 15.2. The Kier molecular flexibility index (Phi) is 5.33. The van der Waals surface area contributed by atoms with Gasteiger partial charge in [-0.1, -0.05) is 35.0 Å². The minimum absolute atomic E-state index is 0.295. The van der Waals surface area contributed by atoms with Crippen LogP contribution in [0.4, 0.5) is 10.1 Å². The van der Waals surface area contributed by atoms with Gasteiger partial charge in [-0.15, -0.1) is 0 Å². The number of anilines is 1. The summed E-state index contributed by atoms with van der Waals surface area (Å²) in [5.41, 5.74) is 8.74. The van der Waals surface area contributed by atoms with Crippen LogP contribution >= 0.6 is 15.9 Å². The van der Waals surface area contributed by atoms with Crippen LogP contribution in [0.25, 0.3) is 0 Å². The number of guanidine groups is 1. The first-order valence-corrected chi connectivity index (χ1v) is 7.47. The van der Waals surface area contributed by atoms with Gasteiger partial charge in [-0.2, -0.15) is 0 Å². The highest BCUT2D eigenvalue weighted by Gasteiger charge is 2.00. The number of hydrogen-bond acceptors (Lipinski definition) is 1. The third kappa shape index (κ3) is 4.86. The maximum absolute atomic E-state index is 13.2. The molecular weight excluding hydrogens is 333 g/mol. The normalized spacial score (nSPS) is 11.5. The van der Waals surface area contributed by atoms with E-state index in [1.165, 1.54) is 17.7 Å². The standard InChI is InChI=1S/C16H17BrFN3/c1-2-11-3-5-15(6-4-11)21-16(19)20-10-12-7-13(17)9-14(18)8-12/h3-9H,2,10H2,1H3,(H3,19,20,21). The predicted octanol–water partition coefficient (Wildman–Crippen LogP) is 4.08. The molecule has 0 amide bonds. The van der Waals surface area contributed by atoms with Crippen LogP contribution in [0.5, 0.6) is 0 Å². The van der Waals surface area contributed by atoms with E-state index in [0.717, 1.165) is 17.7 Å². The van der Waals surface area contributed by atoms with Crippen molar-refractivity contribution >= 4 is 27.6 Å². The maximum Gasteiger partial charge on any atom is 0.193 e. The second kappa shape index (κ2) is 7.22. The quantitative estimate of drug-likeness (QED) is 0.645. The molecule has 0 unspecified atom stereocenters. The number of rotatable bonds is 4. The minimum atomic E-state index is -0.295. The Morgan fingerprint density at radius 2 is 1.90 bits per heavy atom. The lowest BCUT2D eigenvalue weighted by molar-refractivity contribution is 0.624. The second-order valence-corrected chi connectivity index (χ2v) is 5.57. The molecule has 2 aromatic rings. The zero-order valence-corrected chi connectivity index (χ0v) is 13.3. The van der Waals surface area contributed by atoms with Crippen LogP contribution in [-0.4, -0.2) is 5.96 Å². The van der Waals surface area contributed by atoms with E-state index in [0.29, 0.717) is 17.0 Å².